The van der Waals surface area contributed by atoms with E-state index in [9.17, 15) is 9.90 Å². The van der Waals surface area contributed by atoms with Gasteiger partial charge in [0.05, 0.1) is 0 Å². The average molecular weight is 253 g/mol. The summed E-state index contributed by atoms with van der Waals surface area (Å²) in [5.41, 5.74) is 0. The van der Waals surface area contributed by atoms with Crippen molar-refractivity contribution in [3.63, 3.8) is 0 Å². The molecule has 2 aliphatic carbocycles. The van der Waals surface area contributed by atoms with Crippen molar-refractivity contribution in [2.45, 2.75) is 82.7 Å². The molecular weight excluding hydrogens is 226 g/mol. The van der Waals surface area contributed by atoms with E-state index in [2.05, 4.69) is 5.32 Å². The maximum absolute atomic E-state index is 11.5. The highest BCUT2D eigenvalue weighted by molar-refractivity contribution is 5.74. The van der Waals surface area contributed by atoms with E-state index in [0.29, 0.717) is 12.0 Å². The van der Waals surface area contributed by atoms with Gasteiger partial charge in [0.15, 0.2) is 0 Å². The minimum absolute atomic E-state index is 0.298. The summed E-state index contributed by atoms with van der Waals surface area (Å²) in [5.74, 6) is -0.273. The molecule has 0 radical (unpaired) electrons. The molecule has 2 aliphatic rings. The molecule has 18 heavy (non-hydrogen) atoms. The molecule has 3 nitrogen and oxygen atoms in total. The van der Waals surface area contributed by atoms with E-state index in [1.54, 1.807) is 0 Å². The van der Waals surface area contributed by atoms with Crippen LogP contribution in [0.2, 0.25) is 0 Å². The third kappa shape index (κ3) is 3.98. The molecule has 3 heteroatoms. The number of carboxylic acid groups (broad SMARTS) is 1. The van der Waals surface area contributed by atoms with Crippen LogP contribution in [0.3, 0.4) is 0 Å². The number of nitrogens with one attached hydrogen (secondary N) is 1. The quantitative estimate of drug-likeness (QED) is 0.756. The Labute approximate surface area is 110 Å². The molecule has 0 aromatic rings. The summed E-state index contributed by atoms with van der Waals surface area (Å²) in [6, 6.07) is 0.143. The Bertz CT molecular complexity index is 253. The van der Waals surface area contributed by atoms with Gasteiger partial charge >= 0.3 is 5.97 Å². The van der Waals surface area contributed by atoms with E-state index in [4.69, 9.17) is 0 Å². The van der Waals surface area contributed by atoms with Gasteiger partial charge in [0.25, 0.3) is 0 Å². The van der Waals surface area contributed by atoms with Crippen LogP contribution in [-0.2, 0) is 4.79 Å². The first-order valence-corrected chi connectivity index (χ1v) is 7.76. The minimum atomic E-state index is -0.633. The fraction of sp³-hybridized carbons (Fsp3) is 0.933. The Hall–Kier alpha value is -0.570. The Balaban J connectivity index is 1.89. The molecular formula is C15H27NO2. The van der Waals surface area contributed by atoms with Crippen LogP contribution in [0.15, 0.2) is 0 Å². The van der Waals surface area contributed by atoms with E-state index in [1.807, 2.05) is 0 Å². The lowest BCUT2D eigenvalue weighted by Gasteiger charge is -2.31. The Kier molecular flexibility index (Phi) is 5.48. The predicted octanol–water partition coefficient (Wildman–Crippen LogP) is 3.33. The lowest BCUT2D eigenvalue weighted by Crippen LogP contribution is -2.48. The summed E-state index contributed by atoms with van der Waals surface area (Å²) >= 11 is 0. The molecule has 0 heterocycles. The average Bonchev–Trinajstić information content (AvgIpc) is 2.65. The van der Waals surface area contributed by atoms with Crippen LogP contribution in [-0.4, -0.2) is 23.2 Å². The van der Waals surface area contributed by atoms with Crippen LogP contribution in [0.1, 0.15) is 70.6 Å². The monoisotopic (exact) mass is 253 g/mol. The Morgan fingerprint density at radius 1 is 0.889 bits per heavy atom. The zero-order chi connectivity index (χ0) is 12.8. The largest absolute Gasteiger partial charge is 0.480 e. The zero-order valence-electron chi connectivity index (χ0n) is 11.4. The fourth-order valence-corrected chi connectivity index (χ4v) is 3.58. The van der Waals surface area contributed by atoms with Crippen molar-refractivity contribution in [1.82, 2.24) is 5.32 Å². The molecule has 0 amide bonds. The van der Waals surface area contributed by atoms with Crippen LogP contribution in [0.4, 0.5) is 0 Å². The van der Waals surface area contributed by atoms with Crippen molar-refractivity contribution in [2.75, 3.05) is 0 Å². The van der Waals surface area contributed by atoms with E-state index in [0.717, 1.165) is 25.7 Å². The van der Waals surface area contributed by atoms with Gasteiger partial charge in [0.2, 0.25) is 0 Å². The topological polar surface area (TPSA) is 49.3 Å². The van der Waals surface area contributed by atoms with Gasteiger partial charge < -0.3 is 10.4 Å². The van der Waals surface area contributed by atoms with Crippen molar-refractivity contribution >= 4 is 5.97 Å². The first kappa shape index (κ1) is 13.9. The van der Waals surface area contributed by atoms with Crippen LogP contribution >= 0.6 is 0 Å². The van der Waals surface area contributed by atoms with Gasteiger partial charge in [0, 0.05) is 6.04 Å². The predicted molar refractivity (Wildman–Crippen MR) is 72.6 cm³/mol. The summed E-state index contributed by atoms with van der Waals surface area (Å²) in [6.07, 6.45) is 13.4. The molecule has 0 aromatic heterocycles. The van der Waals surface area contributed by atoms with Crippen molar-refractivity contribution in [2.24, 2.45) is 5.92 Å². The molecule has 0 aliphatic heterocycles. The fourth-order valence-electron chi connectivity index (χ4n) is 3.58. The smallest absolute Gasteiger partial charge is 0.320 e. The highest BCUT2D eigenvalue weighted by Crippen LogP contribution is 2.28. The zero-order valence-corrected chi connectivity index (χ0v) is 11.4. The third-order valence-electron chi connectivity index (χ3n) is 4.66. The number of aliphatic carboxylic acids is 1. The molecule has 0 bridgehead atoms. The lowest BCUT2D eigenvalue weighted by molar-refractivity contribution is -0.141. The Morgan fingerprint density at radius 3 is 1.94 bits per heavy atom. The molecule has 1 unspecified atom stereocenters. The molecule has 0 saturated heterocycles. The molecule has 0 spiro atoms. The van der Waals surface area contributed by atoms with Gasteiger partial charge in [-0.05, 0) is 31.6 Å². The Morgan fingerprint density at radius 2 is 1.39 bits per heavy atom. The standard InChI is InChI=1S/C15H27NO2/c17-15(18)14(12-8-4-3-5-9-12)16-13-10-6-1-2-7-11-13/h12-14,16H,1-11H2,(H,17,18). The van der Waals surface area contributed by atoms with Gasteiger partial charge in [-0.3, -0.25) is 4.79 Å². The second-order valence-corrected chi connectivity index (χ2v) is 6.07. The second-order valence-electron chi connectivity index (χ2n) is 6.07. The molecule has 2 fully saturated rings. The van der Waals surface area contributed by atoms with Crippen LogP contribution in [0, 0.1) is 5.92 Å². The summed E-state index contributed by atoms with van der Waals surface area (Å²) in [7, 11) is 0. The first-order valence-electron chi connectivity index (χ1n) is 7.76. The first-order chi connectivity index (χ1) is 8.77. The van der Waals surface area contributed by atoms with E-state index in [-0.39, 0.29) is 6.04 Å². The number of carboxylic acids is 1. The molecule has 0 aromatic carbocycles. The SMILES string of the molecule is O=C(O)C(NC1CCCCCC1)C1CCCCC1. The minimum Gasteiger partial charge on any atom is -0.480 e. The molecule has 2 saturated carbocycles. The lowest BCUT2D eigenvalue weighted by atomic mass is 9.83. The van der Waals surface area contributed by atoms with Gasteiger partial charge in [0.1, 0.15) is 6.04 Å². The van der Waals surface area contributed by atoms with Crippen molar-refractivity contribution in [3.05, 3.63) is 0 Å². The van der Waals surface area contributed by atoms with E-state index < -0.39 is 5.97 Å². The van der Waals surface area contributed by atoms with Crippen molar-refractivity contribution in [3.8, 4) is 0 Å². The number of hydrogen-bond donors (Lipinski definition) is 2. The summed E-state index contributed by atoms with van der Waals surface area (Å²) < 4.78 is 0. The van der Waals surface area contributed by atoms with Crippen molar-refractivity contribution < 1.29 is 9.90 Å². The third-order valence-corrected chi connectivity index (χ3v) is 4.66. The van der Waals surface area contributed by atoms with Gasteiger partial charge in [-0.15, -0.1) is 0 Å². The van der Waals surface area contributed by atoms with Gasteiger partial charge in [-0.1, -0.05) is 44.9 Å². The molecule has 2 rings (SSSR count). The number of hydrogen-bond acceptors (Lipinski definition) is 2. The van der Waals surface area contributed by atoms with Crippen molar-refractivity contribution in [1.29, 1.82) is 0 Å². The van der Waals surface area contributed by atoms with Gasteiger partial charge in [-0.25, -0.2) is 0 Å². The number of carbonyl (C=O) groups is 1. The van der Waals surface area contributed by atoms with E-state index in [1.165, 1.54) is 44.9 Å². The molecule has 104 valence electrons. The van der Waals surface area contributed by atoms with Crippen LogP contribution in [0.5, 0.6) is 0 Å². The van der Waals surface area contributed by atoms with Crippen LogP contribution < -0.4 is 5.32 Å². The summed E-state index contributed by atoms with van der Waals surface area (Å²) in [6.45, 7) is 0. The summed E-state index contributed by atoms with van der Waals surface area (Å²) in [5, 5.41) is 12.9. The molecule has 2 N–H and O–H groups in total. The molecule has 1 atom stereocenters. The number of rotatable bonds is 4. The highest BCUT2D eigenvalue weighted by atomic mass is 16.4. The maximum atomic E-state index is 11.5. The second kappa shape index (κ2) is 7.13. The normalized spacial score (nSPS) is 25.6. The van der Waals surface area contributed by atoms with Gasteiger partial charge in [-0.2, -0.15) is 0 Å². The summed E-state index contributed by atoms with van der Waals surface area (Å²) in [4.78, 5) is 11.5. The van der Waals surface area contributed by atoms with Crippen LogP contribution in [0.25, 0.3) is 0 Å². The highest BCUT2D eigenvalue weighted by Gasteiger charge is 2.31. The maximum Gasteiger partial charge on any atom is 0.320 e. The van der Waals surface area contributed by atoms with E-state index >= 15 is 0 Å².